The Bertz CT molecular complexity index is 1090. The monoisotopic (exact) mass is 417 g/mol. The van der Waals surface area contributed by atoms with Crippen molar-refractivity contribution in [3.05, 3.63) is 74.4 Å². The van der Waals surface area contributed by atoms with Gasteiger partial charge >= 0.3 is 12.1 Å². The van der Waals surface area contributed by atoms with Crippen molar-refractivity contribution in [2.75, 3.05) is 0 Å². The lowest BCUT2D eigenvalue weighted by Crippen LogP contribution is -2.19. The molecule has 3 aromatic rings. The molecule has 11 heteroatoms. The van der Waals surface area contributed by atoms with E-state index in [9.17, 15) is 22.8 Å². The Balaban J connectivity index is 2.09. The number of carboxylic acids is 1. The first-order valence-corrected chi connectivity index (χ1v) is 7.93. The Morgan fingerprint density at radius 2 is 1.67 bits per heavy atom. The topological polar surface area (TPSA) is 77.1 Å². The number of aromatic carboxylic acids is 1. The molecule has 0 spiro atoms. The first kappa shape index (κ1) is 19.0. The number of hydrogen-bond acceptors (Lipinski definition) is 3. The number of rotatable bonds is 3. The fraction of sp³-hybridized carbons (Fsp3) is 0.0625. The molecule has 3 rings (SSSR count). The summed E-state index contributed by atoms with van der Waals surface area (Å²) in [6.45, 7) is 0. The second kappa shape index (κ2) is 6.75. The van der Waals surface area contributed by atoms with Gasteiger partial charge in [0.15, 0.2) is 5.69 Å². The normalized spacial score (nSPS) is 11.6. The van der Waals surface area contributed by atoms with E-state index in [2.05, 4.69) is 5.10 Å². The van der Waals surface area contributed by atoms with Crippen molar-refractivity contribution in [3.63, 3.8) is 0 Å². The number of carbonyl (C=O) groups is 1. The number of nitrogens with zero attached hydrogens (tertiary/aromatic N) is 3. The van der Waals surface area contributed by atoms with Crippen molar-refractivity contribution >= 4 is 29.2 Å². The molecule has 0 aliphatic rings. The van der Waals surface area contributed by atoms with Crippen LogP contribution in [0.2, 0.25) is 10.0 Å². The quantitative estimate of drug-likeness (QED) is 0.697. The standard InChI is InChI=1S/C16H8Cl2F3N3O3/c17-11-5-6-23(14(25)12(11)18)8-1-3-9(4-2-8)24-13(16(19,20)21)10(7-22-24)15(26)27/h1-7H,(H,26,27). The Hall–Kier alpha value is -2.78. The van der Waals surface area contributed by atoms with E-state index < -0.39 is 29.0 Å². The summed E-state index contributed by atoms with van der Waals surface area (Å²) in [6, 6.07) is 6.65. The Morgan fingerprint density at radius 3 is 2.22 bits per heavy atom. The Morgan fingerprint density at radius 1 is 1.07 bits per heavy atom. The number of aromatic nitrogens is 3. The van der Waals surface area contributed by atoms with Gasteiger partial charge in [0.1, 0.15) is 10.6 Å². The van der Waals surface area contributed by atoms with Crippen molar-refractivity contribution in [1.29, 1.82) is 0 Å². The first-order chi connectivity index (χ1) is 12.6. The zero-order valence-corrected chi connectivity index (χ0v) is 14.5. The van der Waals surface area contributed by atoms with E-state index in [1.165, 1.54) is 36.5 Å². The molecule has 0 amide bonds. The molecule has 0 radical (unpaired) electrons. The summed E-state index contributed by atoms with van der Waals surface area (Å²) >= 11 is 11.6. The average molecular weight is 418 g/mol. The molecule has 1 N–H and O–H groups in total. The van der Waals surface area contributed by atoms with E-state index in [4.69, 9.17) is 28.3 Å². The molecule has 0 atom stereocenters. The molecule has 140 valence electrons. The minimum absolute atomic E-state index is 0.0355. The first-order valence-electron chi connectivity index (χ1n) is 7.17. The van der Waals surface area contributed by atoms with Crippen LogP contribution in [-0.4, -0.2) is 25.4 Å². The van der Waals surface area contributed by atoms with E-state index in [0.717, 1.165) is 4.57 Å². The number of benzene rings is 1. The van der Waals surface area contributed by atoms with Crippen LogP contribution in [0.15, 0.2) is 47.5 Å². The third-order valence-corrected chi connectivity index (χ3v) is 4.40. The lowest BCUT2D eigenvalue weighted by atomic mass is 10.2. The van der Waals surface area contributed by atoms with Crippen molar-refractivity contribution in [2.24, 2.45) is 0 Å². The van der Waals surface area contributed by atoms with Crippen molar-refractivity contribution in [1.82, 2.24) is 14.3 Å². The average Bonchev–Trinajstić information content (AvgIpc) is 3.06. The number of halogens is 5. The Kier molecular flexibility index (Phi) is 4.75. The predicted molar refractivity (Wildman–Crippen MR) is 91.1 cm³/mol. The van der Waals surface area contributed by atoms with Crippen LogP contribution in [0.25, 0.3) is 11.4 Å². The van der Waals surface area contributed by atoms with Crippen LogP contribution in [-0.2, 0) is 6.18 Å². The summed E-state index contributed by atoms with van der Waals surface area (Å²) in [4.78, 5) is 23.2. The maximum absolute atomic E-state index is 13.3. The van der Waals surface area contributed by atoms with Gasteiger partial charge in [-0.1, -0.05) is 23.2 Å². The van der Waals surface area contributed by atoms with Crippen LogP contribution >= 0.6 is 23.2 Å². The zero-order chi connectivity index (χ0) is 19.9. The van der Waals surface area contributed by atoms with Crippen LogP contribution < -0.4 is 5.56 Å². The second-order valence-corrected chi connectivity index (χ2v) is 6.08. The molecule has 0 saturated heterocycles. The highest BCUT2D eigenvalue weighted by atomic mass is 35.5. The number of hydrogen-bond donors (Lipinski definition) is 1. The molecular formula is C16H8Cl2F3N3O3. The van der Waals surface area contributed by atoms with Gasteiger partial charge in [0.05, 0.1) is 16.9 Å². The second-order valence-electron chi connectivity index (χ2n) is 5.29. The summed E-state index contributed by atoms with van der Waals surface area (Å²) < 4.78 is 41.5. The van der Waals surface area contributed by atoms with Crippen molar-refractivity contribution in [3.8, 4) is 11.4 Å². The zero-order valence-electron chi connectivity index (χ0n) is 13.0. The maximum Gasteiger partial charge on any atom is 0.434 e. The lowest BCUT2D eigenvalue weighted by Gasteiger charge is -2.12. The highest BCUT2D eigenvalue weighted by Gasteiger charge is 2.40. The SMILES string of the molecule is O=C(O)c1cnn(-c2ccc(-n3ccc(Cl)c(Cl)c3=O)cc2)c1C(F)(F)F. The van der Waals surface area contributed by atoms with E-state index in [1.807, 2.05) is 0 Å². The van der Waals surface area contributed by atoms with Crippen LogP contribution in [0.3, 0.4) is 0 Å². The molecule has 0 unspecified atom stereocenters. The lowest BCUT2D eigenvalue weighted by molar-refractivity contribution is -0.143. The molecule has 2 aromatic heterocycles. The maximum atomic E-state index is 13.3. The van der Waals surface area contributed by atoms with Gasteiger partial charge in [0, 0.05) is 11.9 Å². The van der Waals surface area contributed by atoms with E-state index in [-0.39, 0.29) is 15.7 Å². The molecule has 6 nitrogen and oxygen atoms in total. The van der Waals surface area contributed by atoms with Crippen LogP contribution in [0.1, 0.15) is 16.1 Å². The Labute approximate surface area is 159 Å². The number of alkyl halides is 3. The van der Waals surface area contributed by atoms with Gasteiger partial charge < -0.3 is 5.11 Å². The minimum Gasteiger partial charge on any atom is -0.478 e. The molecular weight excluding hydrogens is 410 g/mol. The van der Waals surface area contributed by atoms with Gasteiger partial charge in [0.25, 0.3) is 5.56 Å². The molecule has 1 aromatic carbocycles. The van der Waals surface area contributed by atoms with Gasteiger partial charge in [0.2, 0.25) is 0 Å². The van der Waals surface area contributed by atoms with Gasteiger partial charge in [-0.3, -0.25) is 9.36 Å². The van der Waals surface area contributed by atoms with E-state index in [0.29, 0.717) is 16.6 Å². The molecule has 2 heterocycles. The molecule has 27 heavy (non-hydrogen) atoms. The van der Waals surface area contributed by atoms with Gasteiger partial charge in [-0.2, -0.15) is 18.3 Å². The largest absolute Gasteiger partial charge is 0.478 e. The highest BCUT2D eigenvalue weighted by Crippen LogP contribution is 2.33. The highest BCUT2D eigenvalue weighted by molar-refractivity contribution is 6.41. The summed E-state index contributed by atoms with van der Waals surface area (Å²) in [6.07, 6.45) is -2.94. The summed E-state index contributed by atoms with van der Waals surface area (Å²) in [5.41, 5.74) is -2.69. The molecule has 0 fully saturated rings. The number of pyridine rings is 1. The molecule has 0 saturated carbocycles. The molecule has 0 aliphatic heterocycles. The fourth-order valence-electron chi connectivity index (χ4n) is 2.42. The van der Waals surface area contributed by atoms with Gasteiger partial charge in [-0.25, -0.2) is 9.48 Å². The van der Waals surface area contributed by atoms with Gasteiger partial charge in [-0.05, 0) is 30.3 Å². The molecule has 0 aliphatic carbocycles. The van der Waals surface area contributed by atoms with Gasteiger partial charge in [-0.15, -0.1) is 0 Å². The smallest absolute Gasteiger partial charge is 0.434 e. The van der Waals surface area contributed by atoms with Crippen molar-refractivity contribution < 1.29 is 23.1 Å². The third-order valence-electron chi connectivity index (χ3n) is 3.63. The van der Waals surface area contributed by atoms with E-state index >= 15 is 0 Å². The van der Waals surface area contributed by atoms with Crippen LogP contribution in [0.4, 0.5) is 13.2 Å². The van der Waals surface area contributed by atoms with Crippen molar-refractivity contribution in [2.45, 2.75) is 6.18 Å². The minimum atomic E-state index is -4.93. The summed E-state index contributed by atoms with van der Waals surface area (Å²) in [5.74, 6) is -1.74. The fourth-order valence-corrected chi connectivity index (χ4v) is 2.71. The molecule has 0 bridgehead atoms. The summed E-state index contributed by atoms with van der Waals surface area (Å²) in [5, 5.41) is 12.4. The third kappa shape index (κ3) is 3.43. The summed E-state index contributed by atoms with van der Waals surface area (Å²) in [7, 11) is 0. The van der Waals surface area contributed by atoms with E-state index in [1.54, 1.807) is 0 Å². The predicted octanol–water partition coefficient (Wildman–Crippen LogP) is 4.05. The van der Waals surface area contributed by atoms with Crippen LogP contribution in [0, 0.1) is 0 Å². The number of carboxylic acid groups (broad SMARTS) is 1. The van der Waals surface area contributed by atoms with Crippen LogP contribution in [0.5, 0.6) is 0 Å².